The summed E-state index contributed by atoms with van der Waals surface area (Å²) in [6, 6.07) is 3.69. The van der Waals surface area contributed by atoms with Crippen molar-refractivity contribution in [3.05, 3.63) is 35.1 Å². The van der Waals surface area contributed by atoms with Crippen LogP contribution in [0.2, 0.25) is 0 Å². The second-order valence-corrected chi connectivity index (χ2v) is 3.91. The van der Waals surface area contributed by atoms with Gasteiger partial charge in [-0.25, -0.2) is 4.39 Å². The van der Waals surface area contributed by atoms with Gasteiger partial charge in [-0.3, -0.25) is 4.79 Å². The van der Waals surface area contributed by atoms with Crippen molar-refractivity contribution in [2.24, 2.45) is 0 Å². The van der Waals surface area contributed by atoms with Crippen molar-refractivity contribution in [3.8, 4) is 0 Å². The van der Waals surface area contributed by atoms with Gasteiger partial charge in [-0.15, -0.1) is 0 Å². The Hall–Kier alpha value is -1.52. The normalized spacial score (nSPS) is 11.4. The Morgan fingerprint density at radius 1 is 1.35 bits per heavy atom. The number of amides is 1. The maximum atomic E-state index is 13.7. The molecule has 0 bridgehead atoms. The fraction of sp³-hybridized carbons (Fsp3) is 0.417. The van der Waals surface area contributed by atoms with Crippen LogP contribution in [0.15, 0.2) is 18.2 Å². The summed E-state index contributed by atoms with van der Waals surface area (Å²) in [4.78, 5) is 12.1. The van der Waals surface area contributed by atoms with Crippen LogP contribution >= 0.6 is 0 Å². The average Bonchev–Trinajstić information content (AvgIpc) is 2.27. The lowest BCUT2D eigenvalue weighted by molar-refractivity contribution is -0.156. The van der Waals surface area contributed by atoms with Crippen LogP contribution in [0.1, 0.15) is 18.1 Å². The van der Waals surface area contributed by atoms with Gasteiger partial charge in [-0.05, 0) is 18.1 Å². The van der Waals surface area contributed by atoms with E-state index in [-0.39, 0.29) is 5.56 Å². The second kappa shape index (κ2) is 4.77. The topological polar surface area (TPSA) is 20.3 Å². The fourth-order valence-corrected chi connectivity index (χ4v) is 1.49. The Kier molecular flexibility index (Phi) is 3.80. The third-order valence-electron chi connectivity index (χ3n) is 2.47. The maximum Gasteiger partial charge on any atom is 0.352 e. The fourth-order valence-electron chi connectivity index (χ4n) is 1.49. The molecule has 0 saturated carbocycles. The van der Waals surface area contributed by atoms with E-state index in [9.17, 15) is 18.0 Å². The Bertz CT molecular complexity index is 430. The number of hydrogen-bond acceptors (Lipinski definition) is 1. The van der Waals surface area contributed by atoms with Gasteiger partial charge < -0.3 is 4.90 Å². The van der Waals surface area contributed by atoms with Crippen LogP contribution in [-0.4, -0.2) is 24.9 Å². The predicted octanol–water partition coefficient (Wildman–Crippen LogP) is 2.57. The monoisotopic (exact) mass is 245 g/mol. The molecule has 1 rings (SSSR count). The van der Waals surface area contributed by atoms with Gasteiger partial charge in [-0.1, -0.05) is 19.1 Å². The van der Waals surface area contributed by atoms with Gasteiger partial charge in [0.05, 0.1) is 5.56 Å². The summed E-state index contributed by atoms with van der Waals surface area (Å²) in [5.41, 5.74) is -0.690. The summed E-state index contributed by atoms with van der Waals surface area (Å²) in [5.74, 6) is -6.27. The van der Waals surface area contributed by atoms with Crippen molar-refractivity contribution in [3.63, 3.8) is 0 Å². The average molecular weight is 245 g/mol. The molecule has 94 valence electrons. The maximum absolute atomic E-state index is 13.7. The smallest absolute Gasteiger partial charge is 0.343 e. The van der Waals surface area contributed by atoms with Crippen molar-refractivity contribution in [1.29, 1.82) is 0 Å². The highest BCUT2D eigenvalue weighted by atomic mass is 19.3. The van der Waals surface area contributed by atoms with Crippen LogP contribution in [-0.2, 0) is 17.1 Å². The van der Waals surface area contributed by atoms with Gasteiger partial charge in [-0.2, -0.15) is 8.78 Å². The van der Waals surface area contributed by atoms with Crippen LogP contribution in [0.3, 0.4) is 0 Å². The van der Waals surface area contributed by atoms with Crippen LogP contribution in [0.25, 0.3) is 0 Å². The zero-order chi connectivity index (χ0) is 13.2. The number of rotatable bonds is 3. The summed E-state index contributed by atoms with van der Waals surface area (Å²) >= 11 is 0. The number of hydrogen-bond donors (Lipinski definition) is 0. The number of nitrogens with zero attached hydrogens (tertiary/aromatic N) is 1. The lowest BCUT2D eigenvalue weighted by atomic mass is 10.0. The van der Waals surface area contributed by atoms with Crippen LogP contribution in [0, 0.1) is 5.82 Å². The van der Waals surface area contributed by atoms with Crippen LogP contribution in [0.5, 0.6) is 0 Å². The Labute approximate surface area is 98.0 Å². The first-order chi connectivity index (χ1) is 7.82. The van der Waals surface area contributed by atoms with Crippen molar-refractivity contribution < 1.29 is 18.0 Å². The first-order valence-corrected chi connectivity index (χ1v) is 5.19. The molecule has 0 atom stereocenters. The van der Waals surface area contributed by atoms with E-state index >= 15 is 0 Å². The summed E-state index contributed by atoms with van der Waals surface area (Å²) in [6.45, 7) is 1.66. The van der Waals surface area contributed by atoms with Gasteiger partial charge in [0, 0.05) is 14.1 Å². The summed E-state index contributed by atoms with van der Waals surface area (Å²) in [5, 5.41) is 0. The zero-order valence-corrected chi connectivity index (χ0v) is 9.93. The summed E-state index contributed by atoms with van der Waals surface area (Å²) in [6.07, 6.45) is 0.298. The van der Waals surface area contributed by atoms with Gasteiger partial charge in [0.25, 0.3) is 5.91 Å². The molecule has 0 heterocycles. The SMILES string of the molecule is CCc1cccc(C(F)(F)C(=O)N(C)C)c1F. The molecular formula is C12H14F3NO. The Morgan fingerprint density at radius 3 is 2.41 bits per heavy atom. The molecule has 0 saturated heterocycles. The third-order valence-corrected chi connectivity index (χ3v) is 2.47. The summed E-state index contributed by atoms with van der Waals surface area (Å²) < 4.78 is 41.2. The quantitative estimate of drug-likeness (QED) is 0.801. The molecule has 0 spiro atoms. The molecular weight excluding hydrogens is 231 g/mol. The van der Waals surface area contributed by atoms with E-state index in [0.29, 0.717) is 6.42 Å². The van der Waals surface area contributed by atoms with Gasteiger partial charge >= 0.3 is 5.92 Å². The number of aryl methyl sites for hydroxylation is 1. The van der Waals surface area contributed by atoms with E-state index in [4.69, 9.17) is 0 Å². The molecule has 5 heteroatoms. The molecule has 0 unspecified atom stereocenters. The highest BCUT2D eigenvalue weighted by molar-refractivity contribution is 5.84. The zero-order valence-electron chi connectivity index (χ0n) is 9.93. The molecule has 0 aliphatic rings. The van der Waals surface area contributed by atoms with E-state index in [1.165, 1.54) is 26.2 Å². The number of carbonyl (C=O) groups excluding carboxylic acids is 1. The molecule has 0 radical (unpaired) electrons. The second-order valence-electron chi connectivity index (χ2n) is 3.91. The molecule has 2 nitrogen and oxygen atoms in total. The minimum Gasteiger partial charge on any atom is -0.343 e. The number of carbonyl (C=O) groups is 1. The van der Waals surface area contributed by atoms with Crippen molar-refractivity contribution in [2.75, 3.05) is 14.1 Å². The van der Waals surface area contributed by atoms with Crippen molar-refractivity contribution in [1.82, 2.24) is 4.90 Å². The first-order valence-electron chi connectivity index (χ1n) is 5.19. The number of alkyl halides is 2. The highest BCUT2D eigenvalue weighted by Gasteiger charge is 2.44. The number of halogens is 3. The number of likely N-dealkylation sites (N-methyl/N-ethyl adjacent to an activating group) is 1. The van der Waals surface area contributed by atoms with E-state index in [0.717, 1.165) is 11.0 Å². The third kappa shape index (κ3) is 2.43. The predicted molar refractivity (Wildman–Crippen MR) is 58.4 cm³/mol. The van der Waals surface area contributed by atoms with E-state index in [1.807, 2.05) is 0 Å². The molecule has 17 heavy (non-hydrogen) atoms. The minimum absolute atomic E-state index is 0.175. The minimum atomic E-state index is -3.83. The van der Waals surface area contributed by atoms with Crippen LogP contribution in [0.4, 0.5) is 13.2 Å². The van der Waals surface area contributed by atoms with Crippen molar-refractivity contribution >= 4 is 5.91 Å². The van der Waals surface area contributed by atoms with E-state index < -0.39 is 23.2 Å². The molecule has 0 aliphatic heterocycles. The lowest BCUT2D eigenvalue weighted by Crippen LogP contribution is -2.38. The molecule has 1 aromatic rings. The van der Waals surface area contributed by atoms with Crippen LogP contribution < -0.4 is 0 Å². The van der Waals surface area contributed by atoms with Gasteiger partial charge in [0.1, 0.15) is 5.82 Å². The Balaban J connectivity index is 3.28. The molecule has 0 aliphatic carbocycles. The molecule has 1 aromatic carbocycles. The van der Waals surface area contributed by atoms with Gasteiger partial charge in [0.15, 0.2) is 0 Å². The van der Waals surface area contributed by atoms with Gasteiger partial charge in [0.2, 0.25) is 0 Å². The first kappa shape index (κ1) is 13.5. The van der Waals surface area contributed by atoms with E-state index in [1.54, 1.807) is 6.92 Å². The molecule has 0 N–H and O–H groups in total. The van der Waals surface area contributed by atoms with Crippen molar-refractivity contribution in [2.45, 2.75) is 19.3 Å². The lowest BCUT2D eigenvalue weighted by Gasteiger charge is -2.21. The van der Waals surface area contributed by atoms with E-state index in [2.05, 4.69) is 0 Å². The standard InChI is InChI=1S/C12H14F3NO/c1-4-8-6-5-7-9(10(8)13)12(14,15)11(17)16(2)3/h5-7H,4H2,1-3H3. The molecule has 0 fully saturated rings. The highest BCUT2D eigenvalue weighted by Crippen LogP contribution is 2.32. The largest absolute Gasteiger partial charge is 0.352 e. The Morgan fingerprint density at radius 2 is 1.94 bits per heavy atom. The molecule has 0 aromatic heterocycles. The number of benzene rings is 1. The molecule has 1 amide bonds. The summed E-state index contributed by atoms with van der Waals surface area (Å²) in [7, 11) is 2.41.